The van der Waals surface area contributed by atoms with Gasteiger partial charge in [-0.15, -0.1) is 24.8 Å². The number of aryl methyl sites for hydroxylation is 1. The van der Waals surface area contributed by atoms with Gasteiger partial charge < -0.3 is 10.2 Å². The monoisotopic (exact) mass is 384 g/mol. The van der Waals surface area contributed by atoms with Gasteiger partial charge in [-0.3, -0.25) is 4.68 Å². The average Bonchev–Trinajstić information content (AvgIpc) is 2.81. The zero-order valence-electron chi connectivity index (χ0n) is 13.6. The van der Waals surface area contributed by atoms with Crippen molar-refractivity contribution in [1.29, 1.82) is 0 Å². The molecule has 0 aliphatic carbocycles. The molecule has 0 atom stereocenters. The van der Waals surface area contributed by atoms with Crippen LogP contribution in [0.25, 0.3) is 0 Å². The second-order valence-electron chi connectivity index (χ2n) is 5.31. The van der Waals surface area contributed by atoms with Gasteiger partial charge in [0, 0.05) is 39.9 Å². The average molecular weight is 385 g/mol. The fourth-order valence-electron chi connectivity index (χ4n) is 2.06. The van der Waals surface area contributed by atoms with Gasteiger partial charge in [0.1, 0.15) is 0 Å². The first-order valence-corrected chi connectivity index (χ1v) is 6.84. The fourth-order valence-corrected chi connectivity index (χ4v) is 2.06. The third-order valence-corrected chi connectivity index (χ3v) is 3.36. The summed E-state index contributed by atoms with van der Waals surface area (Å²) in [7, 11) is 5.44. The van der Waals surface area contributed by atoms with Crippen LogP contribution >= 0.6 is 24.8 Å². The Morgan fingerprint density at radius 3 is 2.12 bits per heavy atom. The van der Waals surface area contributed by atoms with E-state index in [9.17, 15) is 13.2 Å². The standard InChI is InChI=1S/C15H19F3N4.2ClH/c1-21(2)12-6-4-11(5-7-12)9-19-10-13-8-14(15(16,17)18)20-22(13)3;;/h4-8,19H,9-10H2,1-3H3;2*1H. The van der Waals surface area contributed by atoms with Gasteiger partial charge in [0.25, 0.3) is 0 Å². The van der Waals surface area contributed by atoms with Crippen LogP contribution in [0.2, 0.25) is 0 Å². The molecule has 0 spiro atoms. The van der Waals surface area contributed by atoms with Crippen LogP contribution in [-0.4, -0.2) is 23.9 Å². The lowest BCUT2D eigenvalue weighted by Crippen LogP contribution is -2.15. The predicted octanol–water partition coefficient (Wildman–Crippen LogP) is 3.64. The van der Waals surface area contributed by atoms with Crippen molar-refractivity contribution in [3.05, 3.63) is 47.3 Å². The largest absolute Gasteiger partial charge is 0.435 e. The molecule has 0 aliphatic rings. The van der Waals surface area contributed by atoms with Gasteiger partial charge in [-0.25, -0.2) is 0 Å². The Kier molecular flexibility index (Phi) is 8.60. The zero-order chi connectivity index (χ0) is 16.3. The molecule has 1 heterocycles. The molecule has 9 heteroatoms. The van der Waals surface area contributed by atoms with E-state index >= 15 is 0 Å². The summed E-state index contributed by atoms with van der Waals surface area (Å²) in [5, 5.41) is 6.62. The molecule has 24 heavy (non-hydrogen) atoms. The molecule has 2 aromatic rings. The molecule has 0 unspecified atom stereocenters. The van der Waals surface area contributed by atoms with Crippen molar-refractivity contribution >= 4 is 30.5 Å². The SMILES string of the molecule is CN(C)c1ccc(CNCc2cc(C(F)(F)F)nn2C)cc1.Cl.Cl. The smallest absolute Gasteiger partial charge is 0.378 e. The lowest BCUT2D eigenvalue weighted by molar-refractivity contribution is -0.141. The molecule has 0 amide bonds. The highest BCUT2D eigenvalue weighted by Gasteiger charge is 2.34. The molecule has 2 rings (SSSR count). The van der Waals surface area contributed by atoms with Gasteiger partial charge in [-0.2, -0.15) is 18.3 Å². The Morgan fingerprint density at radius 2 is 1.67 bits per heavy atom. The maximum atomic E-state index is 12.6. The minimum absolute atomic E-state index is 0. The summed E-state index contributed by atoms with van der Waals surface area (Å²) in [6.07, 6.45) is -4.40. The molecule has 4 nitrogen and oxygen atoms in total. The first-order valence-electron chi connectivity index (χ1n) is 6.84. The van der Waals surface area contributed by atoms with E-state index in [4.69, 9.17) is 0 Å². The normalized spacial score (nSPS) is 10.8. The Bertz CT molecular complexity index is 625. The first-order chi connectivity index (χ1) is 10.3. The van der Waals surface area contributed by atoms with Crippen molar-refractivity contribution in [2.75, 3.05) is 19.0 Å². The van der Waals surface area contributed by atoms with E-state index < -0.39 is 11.9 Å². The number of nitrogens with one attached hydrogen (secondary N) is 1. The van der Waals surface area contributed by atoms with Crippen LogP contribution in [0.5, 0.6) is 0 Å². The molecule has 0 saturated carbocycles. The zero-order valence-corrected chi connectivity index (χ0v) is 15.2. The van der Waals surface area contributed by atoms with E-state index in [1.807, 2.05) is 43.3 Å². The van der Waals surface area contributed by atoms with Gasteiger partial charge in [-0.05, 0) is 23.8 Å². The maximum absolute atomic E-state index is 12.6. The first kappa shape index (κ1) is 22.6. The third-order valence-electron chi connectivity index (χ3n) is 3.36. The van der Waals surface area contributed by atoms with E-state index in [2.05, 4.69) is 10.4 Å². The van der Waals surface area contributed by atoms with Crippen LogP contribution in [-0.2, 0) is 26.3 Å². The number of anilines is 1. The minimum atomic E-state index is -4.40. The quantitative estimate of drug-likeness (QED) is 0.853. The lowest BCUT2D eigenvalue weighted by atomic mass is 10.2. The van der Waals surface area contributed by atoms with Crippen molar-refractivity contribution in [2.45, 2.75) is 19.3 Å². The minimum Gasteiger partial charge on any atom is -0.378 e. The van der Waals surface area contributed by atoms with E-state index in [1.54, 1.807) is 0 Å². The molecule has 0 bridgehead atoms. The van der Waals surface area contributed by atoms with Gasteiger partial charge in [0.2, 0.25) is 0 Å². The maximum Gasteiger partial charge on any atom is 0.435 e. The molecule has 0 aliphatic heterocycles. The fraction of sp³-hybridized carbons (Fsp3) is 0.400. The van der Waals surface area contributed by atoms with Crippen LogP contribution in [0.3, 0.4) is 0 Å². The molecule has 0 fully saturated rings. The molecule has 1 N–H and O–H groups in total. The van der Waals surface area contributed by atoms with Crippen molar-refractivity contribution in [1.82, 2.24) is 15.1 Å². The lowest BCUT2D eigenvalue weighted by Gasteiger charge is -2.13. The van der Waals surface area contributed by atoms with Crippen molar-refractivity contribution in [3.63, 3.8) is 0 Å². The van der Waals surface area contributed by atoms with E-state index in [1.165, 1.54) is 11.7 Å². The highest BCUT2D eigenvalue weighted by atomic mass is 35.5. The number of hydrogen-bond donors (Lipinski definition) is 1. The number of nitrogens with zero attached hydrogens (tertiary/aromatic N) is 3. The summed E-state index contributed by atoms with van der Waals surface area (Å²) in [5.41, 5.74) is 1.81. The van der Waals surface area contributed by atoms with E-state index in [0.29, 0.717) is 18.8 Å². The predicted molar refractivity (Wildman–Crippen MR) is 94.0 cm³/mol. The number of aromatic nitrogens is 2. The molecule has 136 valence electrons. The van der Waals surface area contributed by atoms with Crippen LogP contribution < -0.4 is 10.2 Å². The van der Waals surface area contributed by atoms with E-state index in [-0.39, 0.29) is 24.8 Å². The topological polar surface area (TPSA) is 33.1 Å². The number of benzene rings is 1. The third kappa shape index (κ3) is 5.89. The van der Waals surface area contributed by atoms with Crippen molar-refractivity contribution in [3.8, 4) is 0 Å². The summed E-state index contributed by atoms with van der Waals surface area (Å²) in [4.78, 5) is 2.01. The van der Waals surface area contributed by atoms with Gasteiger partial charge >= 0.3 is 6.18 Å². The summed E-state index contributed by atoms with van der Waals surface area (Å²) < 4.78 is 39.0. The highest BCUT2D eigenvalue weighted by molar-refractivity contribution is 5.85. The summed E-state index contributed by atoms with van der Waals surface area (Å²) in [6, 6.07) is 9.06. The van der Waals surface area contributed by atoms with Gasteiger partial charge in [0.05, 0.1) is 5.69 Å². The molecule has 0 saturated heterocycles. The Labute approximate surface area is 151 Å². The van der Waals surface area contributed by atoms with Gasteiger partial charge in [0.15, 0.2) is 5.69 Å². The summed E-state index contributed by atoms with van der Waals surface area (Å²) in [6.45, 7) is 0.912. The Balaban J connectivity index is 0.00000264. The second kappa shape index (κ2) is 9.15. The highest BCUT2D eigenvalue weighted by Crippen LogP contribution is 2.28. The van der Waals surface area contributed by atoms with Crippen LogP contribution in [0.4, 0.5) is 18.9 Å². The molecular weight excluding hydrogens is 364 g/mol. The van der Waals surface area contributed by atoms with Crippen LogP contribution in [0.1, 0.15) is 17.0 Å². The number of alkyl halides is 3. The summed E-state index contributed by atoms with van der Waals surface area (Å²) >= 11 is 0. The molecule has 1 aromatic carbocycles. The molecular formula is C15H21Cl2F3N4. The Morgan fingerprint density at radius 1 is 1.08 bits per heavy atom. The molecule has 0 radical (unpaired) electrons. The van der Waals surface area contributed by atoms with E-state index in [0.717, 1.165) is 17.3 Å². The Hall–Kier alpha value is -1.44. The number of hydrogen-bond acceptors (Lipinski definition) is 3. The van der Waals surface area contributed by atoms with Crippen molar-refractivity contribution in [2.24, 2.45) is 7.05 Å². The number of rotatable bonds is 5. The van der Waals surface area contributed by atoms with Crippen LogP contribution in [0.15, 0.2) is 30.3 Å². The molecule has 1 aromatic heterocycles. The van der Waals surface area contributed by atoms with Crippen molar-refractivity contribution < 1.29 is 13.2 Å². The van der Waals surface area contributed by atoms with Crippen LogP contribution in [0, 0.1) is 0 Å². The number of halogens is 5. The van der Waals surface area contributed by atoms with Gasteiger partial charge in [-0.1, -0.05) is 12.1 Å². The summed E-state index contributed by atoms with van der Waals surface area (Å²) in [5.74, 6) is 0. The second-order valence-corrected chi connectivity index (χ2v) is 5.31.